The third kappa shape index (κ3) is 2.44. The maximum Gasteiger partial charge on any atom is 0.0878 e. The summed E-state index contributed by atoms with van der Waals surface area (Å²) < 4.78 is 1.96. The lowest BCUT2D eigenvalue weighted by Crippen LogP contribution is -2.30. The summed E-state index contributed by atoms with van der Waals surface area (Å²) in [6, 6.07) is 8.46. The Morgan fingerprint density at radius 1 is 1.28 bits per heavy atom. The lowest BCUT2D eigenvalue weighted by molar-refractivity contribution is 0.543. The predicted octanol–water partition coefficient (Wildman–Crippen LogP) is 2.07. The molecule has 0 spiro atoms. The Balaban J connectivity index is 2.45. The smallest absolute Gasteiger partial charge is 0.0878 e. The molecule has 2 aromatic rings. The average molecular weight is 244 g/mol. The van der Waals surface area contributed by atoms with E-state index in [0.717, 1.165) is 12.2 Å². The van der Waals surface area contributed by atoms with Gasteiger partial charge in [-0.15, -0.1) is 0 Å². The van der Waals surface area contributed by atoms with E-state index in [1.54, 1.807) is 0 Å². The minimum absolute atomic E-state index is 0.0222. The number of benzene rings is 1. The van der Waals surface area contributed by atoms with Crippen molar-refractivity contribution in [2.45, 2.75) is 33.4 Å². The van der Waals surface area contributed by atoms with Crippen LogP contribution in [0.5, 0.6) is 0 Å². The van der Waals surface area contributed by atoms with Gasteiger partial charge in [0.25, 0.3) is 0 Å². The van der Waals surface area contributed by atoms with Gasteiger partial charge in [-0.25, -0.2) is 5.43 Å². The van der Waals surface area contributed by atoms with Crippen LogP contribution in [0.2, 0.25) is 0 Å². The zero-order valence-corrected chi connectivity index (χ0v) is 11.1. The van der Waals surface area contributed by atoms with Crippen LogP contribution in [0.15, 0.2) is 30.5 Å². The van der Waals surface area contributed by atoms with Crippen LogP contribution in [0.3, 0.4) is 0 Å². The van der Waals surface area contributed by atoms with Gasteiger partial charge in [0.05, 0.1) is 11.7 Å². The zero-order valence-electron chi connectivity index (χ0n) is 11.1. The summed E-state index contributed by atoms with van der Waals surface area (Å²) in [4.78, 5) is 0. The van der Waals surface area contributed by atoms with Gasteiger partial charge in [-0.3, -0.25) is 10.5 Å². The number of aromatic nitrogens is 2. The fourth-order valence-electron chi connectivity index (χ4n) is 2.38. The monoisotopic (exact) mass is 244 g/mol. The Bertz CT molecular complexity index is 510. The first-order chi connectivity index (χ1) is 8.65. The Morgan fingerprint density at radius 2 is 1.94 bits per heavy atom. The van der Waals surface area contributed by atoms with E-state index in [0.29, 0.717) is 0 Å². The molecule has 0 aliphatic carbocycles. The molecule has 4 nitrogen and oxygen atoms in total. The number of nitrogens with zero attached hydrogens (tertiary/aromatic N) is 2. The number of hydrogen-bond donors (Lipinski definition) is 2. The highest BCUT2D eigenvalue weighted by Crippen LogP contribution is 2.23. The quantitative estimate of drug-likeness (QED) is 0.639. The van der Waals surface area contributed by atoms with Gasteiger partial charge in [0.2, 0.25) is 0 Å². The van der Waals surface area contributed by atoms with E-state index in [1.165, 1.54) is 16.7 Å². The van der Waals surface area contributed by atoms with Crippen LogP contribution in [0, 0.1) is 13.8 Å². The van der Waals surface area contributed by atoms with Crippen LogP contribution in [-0.2, 0) is 6.54 Å². The standard InChI is InChI=1S/C14H20N4/c1-4-18-13(5-6-16-18)14(17-15)12-8-10(2)7-11(3)9-12/h5-9,14,17H,4,15H2,1-3H3. The molecule has 1 aromatic carbocycles. The van der Waals surface area contributed by atoms with E-state index in [4.69, 9.17) is 5.84 Å². The van der Waals surface area contributed by atoms with Gasteiger partial charge in [-0.1, -0.05) is 29.3 Å². The second-order valence-corrected chi connectivity index (χ2v) is 4.59. The van der Waals surface area contributed by atoms with E-state index in [-0.39, 0.29) is 6.04 Å². The van der Waals surface area contributed by atoms with Gasteiger partial charge >= 0.3 is 0 Å². The first-order valence-electron chi connectivity index (χ1n) is 6.21. The molecule has 18 heavy (non-hydrogen) atoms. The van der Waals surface area contributed by atoms with Crippen molar-refractivity contribution in [1.82, 2.24) is 15.2 Å². The normalized spacial score (nSPS) is 12.7. The van der Waals surface area contributed by atoms with Crippen molar-refractivity contribution in [2.24, 2.45) is 5.84 Å². The number of aryl methyl sites for hydroxylation is 3. The summed E-state index contributed by atoms with van der Waals surface area (Å²) in [7, 11) is 0. The molecular weight excluding hydrogens is 224 g/mol. The fraction of sp³-hybridized carbons (Fsp3) is 0.357. The molecule has 0 bridgehead atoms. The molecule has 2 rings (SSSR count). The second kappa shape index (κ2) is 5.33. The van der Waals surface area contributed by atoms with Gasteiger partial charge in [0, 0.05) is 12.7 Å². The number of rotatable bonds is 4. The Labute approximate surface area is 108 Å². The first-order valence-corrected chi connectivity index (χ1v) is 6.21. The molecule has 4 heteroatoms. The van der Waals surface area contributed by atoms with E-state index in [1.807, 2.05) is 16.9 Å². The molecule has 1 heterocycles. The average Bonchev–Trinajstić information content (AvgIpc) is 2.77. The second-order valence-electron chi connectivity index (χ2n) is 4.59. The molecule has 0 saturated carbocycles. The Hall–Kier alpha value is -1.65. The number of nitrogens with two attached hydrogens (primary N) is 1. The Kier molecular flexibility index (Phi) is 3.79. The first kappa shape index (κ1) is 12.8. The van der Waals surface area contributed by atoms with Gasteiger partial charge in [-0.05, 0) is 32.4 Å². The van der Waals surface area contributed by atoms with Crippen LogP contribution in [0.25, 0.3) is 0 Å². The highest BCUT2D eigenvalue weighted by Gasteiger charge is 2.16. The SMILES string of the molecule is CCn1nccc1C(NN)c1cc(C)cc(C)c1. The third-order valence-corrected chi connectivity index (χ3v) is 3.09. The number of hydrazine groups is 1. The van der Waals surface area contributed by atoms with Crippen molar-refractivity contribution in [3.8, 4) is 0 Å². The van der Waals surface area contributed by atoms with Crippen LogP contribution >= 0.6 is 0 Å². The summed E-state index contributed by atoms with van der Waals surface area (Å²) in [6.45, 7) is 7.11. The molecular formula is C14H20N4. The third-order valence-electron chi connectivity index (χ3n) is 3.09. The lowest BCUT2D eigenvalue weighted by atomic mass is 9.99. The zero-order chi connectivity index (χ0) is 13.1. The van der Waals surface area contributed by atoms with Crippen molar-refractivity contribution in [3.05, 3.63) is 52.8 Å². The molecule has 0 aliphatic heterocycles. The number of hydrogen-bond acceptors (Lipinski definition) is 3. The molecule has 0 aliphatic rings. The Morgan fingerprint density at radius 3 is 2.50 bits per heavy atom. The highest BCUT2D eigenvalue weighted by molar-refractivity contribution is 5.34. The molecule has 3 N–H and O–H groups in total. The largest absolute Gasteiger partial charge is 0.271 e. The van der Waals surface area contributed by atoms with Crippen molar-refractivity contribution < 1.29 is 0 Å². The maximum absolute atomic E-state index is 5.73. The van der Waals surface area contributed by atoms with Crippen molar-refractivity contribution in [2.75, 3.05) is 0 Å². The van der Waals surface area contributed by atoms with Crippen molar-refractivity contribution in [1.29, 1.82) is 0 Å². The van der Waals surface area contributed by atoms with Crippen molar-refractivity contribution in [3.63, 3.8) is 0 Å². The summed E-state index contributed by atoms with van der Waals surface area (Å²) in [6.07, 6.45) is 1.81. The fourth-order valence-corrected chi connectivity index (χ4v) is 2.38. The van der Waals surface area contributed by atoms with Crippen LogP contribution < -0.4 is 11.3 Å². The van der Waals surface area contributed by atoms with Crippen molar-refractivity contribution >= 4 is 0 Å². The van der Waals surface area contributed by atoms with Crippen LogP contribution in [0.4, 0.5) is 0 Å². The molecule has 0 amide bonds. The maximum atomic E-state index is 5.73. The minimum Gasteiger partial charge on any atom is -0.271 e. The molecule has 1 unspecified atom stereocenters. The molecule has 0 saturated heterocycles. The molecule has 0 fully saturated rings. The molecule has 1 aromatic heterocycles. The van der Waals surface area contributed by atoms with Crippen LogP contribution in [0.1, 0.15) is 35.3 Å². The van der Waals surface area contributed by atoms with E-state index in [9.17, 15) is 0 Å². The minimum atomic E-state index is -0.0222. The molecule has 96 valence electrons. The summed E-state index contributed by atoms with van der Waals surface area (Å²) in [5.41, 5.74) is 7.64. The van der Waals surface area contributed by atoms with Crippen LogP contribution in [-0.4, -0.2) is 9.78 Å². The van der Waals surface area contributed by atoms with E-state index >= 15 is 0 Å². The van der Waals surface area contributed by atoms with Gasteiger partial charge < -0.3 is 0 Å². The summed E-state index contributed by atoms with van der Waals surface area (Å²) in [5.74, 6) is 5.73. The summed E-state index contributed by atoms with van der Waals surface area (Å²) >= 11 is 0. The highest BCUT2D eigenvalue weighted by atomic mass is 15.3. The van der Waals surface area contributed by atoms with Gasteiger partial charge in [0.1, 0.15) is 0 Å². The molecule has 1 atom stereocenters. The topological polar surface area (TPSA) is 55.9 Å². The van der Waals surface area contributed by atoms with Gasteiger partial charge in [0.15, 0.2) is 0 Å². The van der Waals surface area contributed by atoms with E-state index in [2.05, 4.69) is 49.5 Å². The van der Waals surface area contributed by atoms with Gasteiger partial charge in [-0.2, -0.15) is 5.10 Å². The lowest BCUT2D eigenvalue weighted by Gasteiger charge is -2.18. The number of nitrogens with one attached hydrogen (secondary N) is 1. The van der Waals surface area contributed by atoms with E-state index < -0.39 is 0 Å². The summed E-state index contributed by atoms with van der Waals surface area (Å²) in [5, 5.41) is 4.30. The molecule has 0 radical (unpaired) electrons. The predicted molar refractivity (Wildman–Crippen MR) is 73.0 cm³/mol.